The van der Waals surface area contributed by atoms with Crippen LogP contribution in [0.1, 0.15) is 5.76 Å². The zero-order valence-corrected chi connectivity index (χ0v) is 4.77. The summed E-state index contributed by atoms with van der Waals surface area (Å²) in [6, 6.07) is 3.32. The number of hydrogen-bond acceptors (Lipinski definition) is 2. The first-order valence-corrected chi connectivity index (χ1v) is 2.46. The molecule has 42 valence electrons. The number of hydrogen-bond donors (Lipinski definition) is 1. The molecule has 0 aromatic carbocycles. The topological polar surface area (TPSA) is 37.0 Å². The average Bonchev–Trinajstić information content (AvgIpc) is 2.12. The molecule has 0 radical (unpaired) electrons. The van der Waals surface area contributed by atoms with Gasteiger partial charge in [0, 0.05) is 0 Å². The Morgan fingerprint density at radius 2 is 2.50 bits per heavy atom. The van der Waals surface area contributed by atoms with Crippen molar-refractivity contribution in [3.63, 3.8) is 0 Å². The molecule has 0 saturated heterocycles. The van der Waals surface area contributed by atoms with E-state index in [0.29, 0.717) is 5.76 Å². The second-order valence-corrected chi connectivity index (χ2v) is 1.67. The standard InChI is InChI=1S/C5H4ClNO/c6-5(7)4-2-1-3-8-4/h1-3,7H. The van der Waals surface area contributed by atoms with Crippen LogP contribution in [-0.2, 0) is 0 Å². The molecule has 0 spiro atoms. The fourth-order valence-electron chi connectivity index (χ4n) is 0.403. The summed E-state index contributed by atoms with van der Waals surface area (Å²) in [6.45, 7) is 0. The normalized spacial score (nSPS) is 9.12. The van der Waals surface area contributed by atoms with Crippen LogP contribution in [0.3, 0.4) is 0 Å². The predicted molar refractivity (Wildman–Crippen MR) is 31.4 cm³/mol. The van der Waals surface area contributed by atoms with Crippen molar-refractivity contribution in [1.82, 2.24) is 0 Å². The zero-order valence-electron chi connectivity index (χ0n) is 4.02. The molecule has 1 N–H and O–H groups in total. The summed E-state index contributed by atoms with van der Waals surface area (Å²) in [5.74, 6) is 0.409. The number of halogens is 1. The molecule has 0 aliphatic heterocycles. The Hall–Kier alpha value is -0.760. The molecule has 0 aliphatic carbocycles. The van der Waals surface area contributed by atoms with Gasteiger partial charge in [-0.15, -0.1) is 0 Å². The van der Waals surface area contributed by atoms with Crippen molar-refractivity contribution in [3.8, 4) is 0 Å². The van der Waals surface area contributed by atoms with E-state index in [1.165, 1.54) is 6.26 Å². The number of nitrogens with one attached hydrogen (secondary N) is 1. The van der Waals surface area contributed by atoms with E-state index < -0.39 is 0 Å². The van der Waals surface area contributed by atoms with Gasteiger partial charge in [-0.2, -0.15) is 0 Å². The Balaban J connectivity index is 2.93. The summed E-state index contributed by atoms with van der Waals surface area (Å²) >= 11 is 5.23. The Kier molecular flexibility index (Phi) is 1.35. The lowest BCUT2D eigenvalue weighted by Gasteiger charge is -1.81. The Labute approximate surface area is 51.6 Å². The van der Waals surface area contributed by atoms with Gasteiger partial charge in [-0.05, 0) is 12.1 Å². The van der Waals surface area contributed by atoms with Gasteiger partial charge in [0.15, 0.2) is 10.9 Å². The summed E-state index contributed by atoms with van der Waals surface area (Å²) < 4.78 is 4.74. The highest BCUT2D eigenvalue weighted by Crippen LogP contribution is 2.02. The molecule has 3 heteroatoms. The Morgan fingerprint density at radius 1 is 1.75 bits per heavy atom. The first-order chi connectivity index (χ1) is 3.80. The van der Waals surface area contributed by atoms with Crippen LogP contribution in [0.25, 0.3) is 0 Å². The molecule has 0 bridgehead atoms. The van der Waals surface area contributed by atoms with Gasteiger partial charge in [0.1, 0.15) is 0 Å². The van der Waals surface area contributed by atoms with Gasteiger partial charge < -0.3 is 4.42 Å². The first-order valence-electron chi connectivity index (χ1n) is 2.08. The summed E-state index contributed by atoms with van der Waals surface area (Å²) in [6.07, 6.45) is 1.48. The van der Waals surface area contributed by atoms with E-state index in [9.17, 15) is 0 Å². The molecule has 1 rings (SSSR count). The molecule has 0 fully saturated rings. The maximum atomic E-state index is 6.82. The predicted octanol–water partition coefficient (Wildman–Crippen LogP) is 1.84. The third kappa shape index (κ3) is 0.898. The molecular formula is C5H4ClNO. The van der Waals surface area contributed by atoms with Crippen LogP contribution in [0, 0.1) is 5.41 Å². The average molecular weight is 130 g/mol. The molecular weight excluding hydrogens is 126 g/mol. The van der Waals surface area contributed by atoms with Crippen molar-refractivity contribution < 1.29 is 4.42 Å². The summed E-state index contributed by atoms with van der Waals surface area (Å²) in [5.41, 5.74) is 0. The lowest BCUT2D eigenvalue weighted by Crippen LogP contribution is -1.80. The summed E-state index contributed by atoms with van der Waals surface area (Å²) in [5, 5.41) is 6.76. The van der Waals surface area contributed by atoms with Crippen molar-refractivity contribution in [1.29, 1.82) is 5.41 Å². The van der Waals surface area contributed by atoms with Crippen molar-refractivity contribution >= 4 is 16.8 Å². The minimum Gasteiger partial charge on any atom is -0.462 e. The minimum atomic E-state index is -0.0602. The van der Waals surface area contributed by atoms with Crippen molar-refractivity contribution in [2.45, 2.75) is 0 Å². The van der Waals surface area contributed by atoms with Crippen molar-refractivity contribution in [2.75, 3.05) is 0 Å². The molecule has 0 amide bonds. The Bertz CT molecular complexity index is 180. The van der Waals surface area contributed by atoms with E-state index in [0.717, 1.165) is 0 Å². The molecule has 0 atom stereocenters. The fraction of sp³-hybridized carbons (Fsp3) is 0. The van der Waals surface area contributed by atoms with Crippen LogP contribution in [0.2, 0.25) is 0 Å². The number of rotatable bonds is 1. The van der Waals surface area contributed by atoms with E-state index in [1.807, 2.05) is 0 Å². The third-order valence-electron chi connectivity index (χ3n) is 0.738. The maximum absolute atomic E-state index is 6.82. The molecule has 8 heavy (non-hydrogen) atoms. The van der Waals surface area contributed by atoms with E-state index >= 15 is 0 Å². The summed E-state index contributed by atoms with van der Waals surface area (Å²) in [4.78, 5) is 0. The van der Waals surface area contributed by atoms with Gasteiger partial charge in [0.2, 0.25) is 0 Å². The lowest BCUT2D eigenvalue weighted by molar-refractivity contribution is 0.559. The monoisotopic (exact) mass is 129 g/mol. The highest BCUT2D eigenvalue weighted by atomic mass is 35.5. The highest BCUT2D eigenvalue weighted by molar-refractivity contribution is 6.68. The molecule has 0 aliphatic rings. The van der Waals surface area contributed by atoms with E-state index in [4.69, 9.17) is 21.4 Å². The molecule has 1 aromatic rings. The van der Waals surface area contributed by atoms with Gasteiger partial charge in [-0.1, -0.05) is 11.6 Å². The van der Waals surface area contributed by atoms with Crippen LogP contribution >= 0.6 is 11.6 Å². The van der Waals surface area contributed by atoms with Gasteiger partial charge in [0.05, 0.1) is 6.26 Å². The zero-order chi connectivity index (χ0) is 5.98. The lowest BCUT2D eigenvalue weighted by atomic mass is 10.5. The van der Waals surface area contributed by atoms with Crippen LogP contribution in [0.4, 0.5) is 0 Å². The van der Waals surface area contributed by atoms with E-state index in [-0.39, 0.29) is 5.17 Å². The quantitative estimate of drug-likeness (QED) is 0.578. The highest BCUT2D eigenvalue weighted by Gasteiger charge is 1.96. The van der Waals surface area contributed by atoms with Crippen molar-refractivity contribution in [3.05, 3.63) is 24.2 Å². The SMILES string of the molecule is N=C(Cl)c1ccco1. The molecule has 2 nitrogen and oxygen atoms in total. The third-order valence-corrected chi connectivity index (χ3v) is 0.924. The smallest absolute Gasteiger partial charge is 0.163 e. The minimum absolute atomic E-state index is 0.0602. The molecule has 0 saturated carbocycles. The van der Waals surface area contributed by atoms with Crippen molar-refractivity contribution in [2.24, 2.45) is 0 Å². The van der Waals surface area contributed by atoms with Crippen LogP contribution in [-0.4, -0.2) is 5.17 Å². The first kappa shape index (κ1) is 5.38. The molecule has 1 heterocycles. The van der Waals surface area contributed by atoms with E-state index in [1.54, 1.807) is 12.1 Å². The van der Waals surface area contributed by atoms with Gasteiger partial charge >= 0.3 is 0 Å². The van der Waals surface area contributed by atoms with Gasteiger partial charge in [-0.25, -0.2) is 0 Å². The van der Waals surface area contributed by atoms with Crippen LogP contribution in [0.15, 0.2) is 22.8 Å². The second kappa shape index (κ2) is 2.01. The summed E-state index contributed by atoms with van der Waals surface area (Å²) in [7, 11) is 0. The number of furan rings is 1. The second-order valence-electron chi connectivity index (χ2n) is 1.29. The van der Waals surface area contributed by atoms with Gasteiger partial charge in [-0.3, -0.25) is 5.41 Å². The largest absolute Gasteiger partial charge is 0.462 e. The molecule has 0 unspecified atom stereocenters. The van der Waals surface area contributed by atoms with E-state index in [2.05, 4.69) is 0 Å². The van der Waals surface area contributed by atoms with Gasteiger partial charge in [0.25, 0.3) is 0 Å². The Morgan fingerprint density at radius 3 is 2.75 bits per heavy atom. The maximum Gasteiger partial charge on any atom is 0.163 e. The van der Waals surface area contributed by atoms with Crippen LogP contribution < -0.4 is 0 Å². The molecule has 1 aromatic heterocycles. The fourth-order valence-corrected chi connectivity index (χ4v) is 0.511. The van der Waals surface area contributed by atoms with Crippen LogP contribution in [0.5, 0.6) is 0 Å².